The van der Waals surface area contributed by atoms with Gasteiger partial charge in [0.1, 0.15) is 23.0 Å². The van der Waals surface area contributed by atoms with Crippen LogP contribution in [0.15, 0.2) is 27.3 Å². The second kappa shape index (κ2) is 12.9. The van der Waals surface area contributed by atoms with Gasteiger partial charge in [0.2, 0.25) is 10.9 Å². The molecule has 13 nitrogen and oxygen atoms in total. The van der Waals surface area contributed by atoms with Gasteiger partial charge in [-0.2, -0.15) is 0 Å². The summed E-state index contributed by atoms with van der Waals surface area (Å²) < 4.78 is 17.5. The van der Waals surface area contributed by atoms with E-state index in [9.17, 15) is 39.3 Å². The molecule has 1 aliphatic rings. The number of nitrogens with one attached hydrogen (secondary N) is 2. The second-order valence-corrected chi connectivity index (χ2v) is 12.4. The van der Waals surface area contributed by atoms with Gasteiger partial charge in [-0.15, -0.1) is 0 Å². The summed E-state index contributed by atoms with van der Waals surface area (Å²) in [6.07, 6.45) is 1.94. The van der Waals surface area contributed by atoms with Crippen LogP contribution in [0.2, 0.25) is 0 Å². The average Bonchev–Trinajstić information content (AvgIpc) is 3.19. The number of fused-ring (bicyclic) bond motifs is 1. The minimum atomic E-state index is -0.993. The Morgan fingerprint density at radius 1 is 0.740 bits per heavy atom. The van der Waals surface area contributed by atoms with Crippen molar-refractivity contribution >= 4 is 78.3 Å². The van der Waals surface area contributed by atoms with Gasteiger partial charge in [-0.25, -0.2) is 0 Å². The van der Waals surface area contributed by atoms with Gasteiger partial charge in [0, 0.05) is 81.8 Å². The van der Waals surface area contributed by atoms with E-state index >= 15 is 0 Å². The fourth-order valence-electron chi connectivity index (χ4n) is 7.51. The van der Waals surface area contributed by atoms with Gasteiger partial charge in [0.05, 0.1) is 43.7 Å². The number of phenols is 1. The number of methoxy groups -OCH3 is 3. The number of phenolic OH excluding ortho intramolecular Hbond substituents is 1. The number of hydrogen-bond acceptors (Lipinski definition) is 11. The molecule has 5 aromatic carbocycles. The Morgan fingerprint density at radius 2 is 1.32 bits per heavy atom. The SMILES string of the molecule is COc1c2c3c4c(c(NCCCC(=O)O)c(=O)c5c(NCCCC(=O)O)cc(OC)c(c6c(OC)cc(O)c(c1=O)c63)c54)C=C(C)C2C(C)=O. The van der Waals surface area contributed by atoms with Crippen molar-refractivity contribution in [3.05, 3.63) is 49.3 Å². The van der Waals surface area contributed by atoms with E-state index in [4.69, 9.17) is 14.2 Å². The molecular formula is C37H36N2O11. The molecule has 1 unspecified atom stereocenters. The topological polar surface area (TPSA) is 198 Å². The summed E-state index contributed by atoms with van der Waals surface area (Å²) in [5, 5.41) is 38.8. The molecule has 0 saturated heterocycles. The number of anilines is 2. The van der Waals surface area contributed by atoms with E-state index in [-0.39, 0.29) is 83.8 Å². The Kier molecular flexibility index (Phi) is 8.77. The Balaban J connectivity index is 1.94. The maximum Gasteiger partial charge on any atom is 0.303 e. The van der Waals surface area contributed by atoms with Crippen molar-refractivity contribution in [2.75, 3.05) is 45.1 Å². The standard InChI is InChI=1S/C37H36N2O11/c1-15-12-17-25-30-26(35(46)34(17)39-11-7-9-23(44)45)18(38-10-6-8-22(42)43)13-20(48-3)28(30)29-21(49-4)14-19(41)27-32(29)31(25)33(24(15)16(2)40)37(50-5)36(27)47/h12-14,24,38-39,41H,6-11H2,1-5H3,(H,42,43)(H,44,45). The van der Waals surface area contributed by atoms with Crippen molar-refractivity contribution in [2.45, 2.75) is 45.4 Å². The predicted octanol–water partition coefficient (Wildman–Crippen LogP) is 5.27. The van der Waals surface area contributed by atoms with Gasteiger partial charge >= 0.3 is 11.9 Å². The maximum absolute atomic E-state index is 14.8. The molecule has 0 amide bonds. The smallest absolute Gasteiger partial charge is 0.303 e. The van der Waals surface area contributed by atoms with Crippen LogP contribution in [0.3, 0.4) is 0 Å². The summed E-state index contributed by atoms with van der Waals surface area (Å²) in [6, 6.07) is 2.95. The molecule has 0 bridgehead atoms. The number of hydrogen-bond donors (Lipinski definition) is 5. The molecule has 5 N–H and O–H groups in total. The molecule has 0 aromatic heterocycles. The van der Waals surface area contributed by atoms with Crippen LogP contribution in [-0.4, -0.2) is 67.5 Å². The van der Waals surface area contributed by atoms with Gasteiger partial charge in [0.15, 0.2) is 5.75 Å². The highest BCUT2D eigenvalue weighted by Crippen LogP contribution is 2.55. The highest BCUT2D eigenvalue weighted by Gasteiger charge is 2.37. The van der Waals surface area contributed by atoms with E-state index in [1.807, 2.05) is 0 Å². The van der Waals surface area contributed by atoms with Crippen LogP contribution >= 0.6 is 0 Å². The predicted molar refractivity (Wildman–Crippen MR) is 190 cm³/mol. The number of ether oxygens (including phenoxy) is 3. The first-order valence-corrected chi connectivity index (χ1v) is 16.0. The van der Waals surface area contributed by atoms with Crippen LogP contribution in [0.1, 0.15) is 56.6 Å². The molecule has 6 rings (SSSR count). The van der Waals surface area contributed by atoms with Crippen LogP contribution < -0.4 is 35.7 Å². The first kappa shape index (κ1) is 34.0. The number of carbonyl (C=O) groups is 3. The van der Waals surface area contributed by atoms with Crippen LogP contribution in [0.5, 0.6) is 23.0 Å². The Bertz CT molecular complexity index is 2400. The zero-order chi connectivity index (χ0) is 36.2. The molecule has 13 heteroatoms. The van der Waals surface area contributed by atoms with E-state index in [0.29, 0.717) is 54.9 Å². The van der Waals surface area contributed by atoms with Crippen molar-refractivity contribution in [2.24, 2.45) is 0 Å². The minimum absolute atomic E-state index is 0.0666. The van der Waals surface area contributed by atoms with E-state index in [0.717, 1.165) is 0 Å². The zero-order valence-corrected chi connectivity index (χ0v) is 28.2. The number of carboxylic acid groups (broad SMARTS) is 2. The normalized spacial score (nSPS) is 13.9. The lowest BCUT2D eigenvalue weighted by molar-refractivity contribution is -0.138. The number of aromatic hydroxyl groups is 1. The zero-order valence-electron chi connectivity index (χ0n) is 28.2. The van der Waals surface area contributed by atoms with Gasteiger partial charge in [0.25, 0.3) is 0 Å². The summed E-state index contributed by atoms with van der Waals surface area (Å²) in [4.78, 5) is 65.3. The van der Waals surface area contributed by atoms with Crippen LogP contribution in [0, 0.1) is 0 Å². The first-order chi connectivity index (χ1) is 23.9. The van der Waals surface area contributed by atoms with Crippen LogP contribution in [-0.2, 0) is 14.4 Å². The van der Waals surface area contributed by atoms with E-state index in [2.05, 4.69) is 10.6 Å². The largest absolute Gasteiger partial charge is 0.507 e. The molecule has 0 heterocycles. The van der Waals surface area contributed by atoms with Crippen molar-refractivity contribution in [3.63, 3.8) is 0 Å². The first-order valence-electron chi connectivity index (χ1n) is 16.0. The lowest BCUT2D eigenvalue weighted by atomic mass is 9.80. The number of benzene rings is 5. The Morgan fingerprint density at radius 3 is 1.88 bits per heavy atom. The molecule has 0 fully saturated rings. The van der Waals surface area contributed by atoms with Crippen molar-refractivity contribution in [1.82, 2.24) is 0 Å². The maximum atomic E-state index is 14.8. The monoisotopic (exact) mass is 684 g/mol. The summed E-state index contributed by atoms with van der Waals surface area (Å²) in [6.45, 7) is 3.46. The molecule has 0 aliphatic heterocycles. The minimum Gasteiger partial charge on any atom is -0.507 e. The molecule has 260 valence electrons. The highest BCUT2D eigenvalue weighted by atomic mass is 16.5. The van der Waals surface area contributed by atoms with Gasteiger partial charge < -0.3 is 40.2 Å². The van der Waals surface area contributed by atoms with Gasteiger partial charge in [-0.1, -0.05) is 11.6 Å². The summed E-state index contributed by atoms with van der Waals surface area (Å²) in [7, 11) is 4.18. The van der Waals surface area contributed by atoms with E-state index in [1.165, 1.54) is 34.3 Å². The number of aliphatic carboxylic acids is 2. The van der Waals surface area contributed by atoms with Crippen molar-refractivity contribution in [3.8, 4) is 23.0 Å². The third kappa shape index (κ3) is 5.11. The van der Waals surface area contributed by atoms with E-state index < -0.39 is 28.7 Å². The lowest BCUT2D eigenvalue weighted by Crippen LogP contribution is -2.19. The van der Waals surface area contributed by atoms with Crippen LogP contribution in [0.4, 0.5) is 11.4 Å². The third-order valence-corrected chi connectivity index (χ3v) is 9.42. The lowest BCUT2D eigenvalue weighted by Gasteiger charge is -2.25. The molecule has 1 atom stereocenters. The summed E-state index contributed by atoms with van der Waals surface area (Å²) in [5.74, 6) is -3.24. The molecule has 1 aliphatic carbocycles. The number of carboxylic acids is 2. The molecule has 0 radical (unpaired) electrons. The second-order valence-electron chi connectivity index (χ2n) is 12.4. The Labute approximate surface area is 284 Å². The number of carbonyl (C=O) groups excluding carboxylic acids is 1. The third-order valence-electron chi connectivity index (χ3n) is 9.42. The average molecular weight is 685 g/mol. The molecule has 5 aromatic rings. The number of rotatable bonds is 14. The fraction of sp³-hybridized carbons (Fsp3) is 0.324. The Hall–Kier alpha value is -5.85. The summed E-state index contributed by atoms with van der Waals surface area (Å²) >= 11 is 0. The fourth-order valence-corrected chi connectivity index (χ4v) is 7.51. The van der Waals surface area contributed by atoms with Crippen LogP contribution in [0.25, 0.3) is 49.2 Å². The quantitative estimate of drug-likeness (QED) is 0.0577. The van der Waals surface area contributed by atoms with Crippen molar-refractivity contribution < 1.29 is 43.9 Å². The number of Topliss-reactive ketones (excluding diaryl/α,β-unsaturated/α-hetero) is 1. The van der Waals surface area contributed by atoms with Gasteiger partial charge in [-0.05, 0) is 32.1 Å². The molecule has 50 heavy (non-hydrogen) atoms. The molecular weight excluding hydrogens is 648 g/mol. The molecule has 0 saturated carbocycles. The van der Waals surface area contributed by atoms with Crippen molar-refractivity contribution in [1.29, 1.82) is 0 Å². The highest BCUT2D eigenvalue weighted by molar-refractivity contribution is 6.40. The summed E-state index contributed by atoms with van der Waals surface area (Å²) in [5.41, 5.74) is 0.636. The van der Waals surface area contributed by atoms with E-state index in [1.54, 1.807) is 19.1 Å². The molecule has 0 spiro atoms. The number of ketones is 1. The number of allylic oxidation sites excluding steroid dienone is 1. The van der Waals surface area contributed by atoms with Gasteiger partial charge in [-0.3, -0.25) is 24.0 Å².